The zero-order valence-corrected chi connectivity index (χ0v) is 14.9. The molecule has 124 valence electrons. The number of aromatic nitrogens is 2. The Labute approximate surface area is 136 Å². The second-order valence-corrected chi connectivity index (χ2v) is 9.53. The molecule has 22 heavy (non-hydrogen) atoms. The Morgan fingerprint density at radius 2 is 1.77 bits per heavy atom. The number of hydrogen-bond donors (Lipinski definition) is 0. The van der Waals surface area contributed by atoms with Gasteiger partial charge in [-0.05, 0) is 12.8 Å². The highest BCUT2D eigenvalue weighted by Crippen LogP contribution is 2.26. The van der Waals surface area contributed by atoms with E-state index in [9.17, 15) is 8.42 Å². The van der Waals surface area contributed by atoms with E-state index in [1.54, 1.807) is 0 Å². The molecule has 0 N–H and O–H groups in total. The maximum Gasteiger partial charge on any atom is 0.205 e. The fourth-order valence-electron chi connectivity index (χ4n) is 3.10. The summed E-state index contributed by atoms with van der Waals surface area (Å²) in [5.41, 5.74) is 0. The smallest absolute Gasteiger partial charge is 0.205 e. The van der Waals surface area contributed by atoms with Gasteiger partial charge in [0.05, 0.1) is 11.5 Å². The van der Waals surface area contributed by atoms with Crippen LogP contribution in [0, 0.1) is 0 Å². The fourth-order valence-corrected chi connectivity index (χ4v) is 5.19. The van der Waals surface area contributed by atoms with Gasteiger partial charge in [-0.2, -0.15) is 4.37 Å². The van der Waals surface area contributed by atoms with Gasteiger partial charge in [0.1, 0.15) is 5.82 Å². The first kappa shape index (κ1) is 16.1. The molecule has 0 aromatic carbocycles. The second kappa shape index (κ2) is 6.41. The lowest BCUT2D eigenvalue weighted by Gasteiger charge is -2.39. The third-order valence-electron chi connectivity index (χ3n) is 4.58. The Hall–Kier alpha value is -0.730. The average Bonchev–Trinajstić information content (AvgIpc) is 2.97. The average molecular weight is 345 g/mol. The van der Waals surface area contributed by atoms with Gasteiger partial charge >= 0.3 is 0 Å². The van der Waals surface area contributed by atoms with Crippen molar-refractivity contribution in [3.8, 4) is 0 Å². The minimum atomic E-state index is -2.78. The summed E-state index contributed by atoms with van der Waals surface area (Å²) in [6, 6.07) is 0.518. The van der Waals surface area contributed by atoms with Crippen LogP contribution in [0.4, 0.5) is 5.13 Å². The van der Waals surface area contributed by atoms with Crippen molar-refractivity contribution in [1.82, 2.24) is 14.3 Å². The Morgan fingerprint density at radius 1 is 1.14 bits per heavy atom. The molecule has 1 aromatic rings. The molecule has 2 fully saturated rings. The van der Waals surface area contributed by atoms with E-state index < -0.39 is 9.84 Å². The molecular weight excluding hydrogens is 320 g/mol. The SMILES string of the molecule is CC(C)c1nsc(N2CCC(N3CCS(=O)(=O)CC3)CC2)n1. The first-order chi connectivity index (χ1) is 10.4. The lowest BCUT2D eigenvalue weighted by Crippen LogP contribution is -2.50. The van der Waals surface area contributed by atoms with E-state index in [-0.39, 0.29) is 0 Å². The molecule has 1 aromatic heterocycles. The van der Waals surface area contributed by atoms with Gasteiger partial charge in [0, 0.05) is 49.7 Å². The summed E-state index contributed by atoms with van der Waals surface area (Å²) in [5.74, 6) is 1.95. The standard InChI is InChI=1S/C14H24N4O2S2/c1-11(2)13-15-14(21-16-13)18-5-3-12(4-6-18)17-7-9-22(19,20)10-8-17/h11-12H,3-10H2,1-2H3. The summed E-state index contributed by atoms with van der Waals surface area (Å²) in [5, 5.41) is 1.03. The molecule has 0 bridgehead atoms. The highest BCUT2D eigenvalue weighted by molar-refractivity contribution is 7.91. The normalized spacial score (nSPS) is 24.0. The lowest BCUT2D eigenvalue weighted by atomic mass is 10.0. The van der Waals surface area contributed by atoms with Crippen LogP contribution in [0.3, 0.4) is 0 Å². The molecule has 0 radical (unpaired) electrons. The summed E-state index contributed by atoms with van der Waals surface area (Å²) in [6.45, 7) is 7.60. The van der Waals surface area contributed by atoms with E-state index in [0.29, 0.717) is 36.6 Å². The predicted octanol–water partition coefficient (Wildman–Crippen LogP) is 1.36. The molecule has 0 spiro atoms. The monoisotopic (exact) mass is 344 g/mol. The Kier molecular flexibility index (Phi) is 4.70. The van der Waals surface area contributed by atoms with E-state index in [0.717, 1.165) is 36.9 Å². The number of sulfone groups is 1. The van der Waals surface area contributed by atoms with Crippen LogP contribution in [0.1, 0.15) is 38.4 Å². The molecule has 0 unspecified atom stereocenters. The van der Waals surface area contributed by atoms with Crippen LogP contribution in [0.5, 0.6) is 0 Å². The van der Waals surface area contributed by atoms with Crippen molar-refractivity contribution in [2.45, 2.75) is 38.6 Å². The quantitative estimate of drug-likeness (QED) is 0.825. The molecule has 6 nitrogen and oxygen atoms in total. The van der Waals surface area contributed by atoms with Crippen LogP contribution in [0.15, 0.2) is 0 Å². The zero-order valence-electron chi connectivity index (χ0n) is 13.2. The van der Waals surface area contributed by atoms with Crippen LogP contribution in [0.2, 0.25) is 0 Å². The summed E-state index contributed by atoms with van der Waals surface area (Å²) in [4.78, 5) is 9.31. The third-order valence-corrected chi connectivity index (χ3v) is 6.98. The van der Waals surface area contributed by atoms with Gasteiger partial charge in [0.25, 0.3) is 0 Å². The van der Waals surface area contributed by atoms with Gasteiger partial charge in [0.15, 0.2) is 9.84 Å². The van der Waals surface area contributed by atoms with Crippen molar-refractivity contribution in [2.24, 2.45) is 0 Å². The summed E-state index contributed by atoms with van der Waals surface area (Å²) < 4.78 is 27.5. The van der Waals surface area contributed by atoms with Gasteiger partial charge in [-0.15, -0.1) is 0 Å². The van der Waals surface area contributed by atoms with E-state index >= 15 is 0 Å². The van der Waals surface area contributed by atoms with Crippen LogP contribution in [0.25, 0.3) is 0 Å². The molecular formula is C14H24N4O2S2. The van der Waals surface area contributed by atoms with Crippen molar-refractivity contribution in [3.05, 3.63) is 5.82 Å². The third kappa shape index (κ3) is 3.60. The summed E-state index contributed by atoms with van der Waals surface area (Å²) in [6.07, 6.45) is 2.16. The van der Waals surface area contributed by atoms with Crippen molar-refractivity contribution >= 4 is 26.5 Å². The molecule has 0 saturated carbocycles. The summed E-state index contributed by atoms with van der Waals surface area (Å²) >= 11 is 1.49. The van der Waals surface area contributed by atoms with Gasteiger partial charge in [-0.3, -0.25) is 4.90 Å². The molecule has 2 aliphatic heterocycles. The minimum absolute atomic E-state index is 0.321. The van der Waals surface area contributed by atoms with Gasteiger partial charge in [-0.25, -0.2) is 13.4 Å². The number of anilines is 1. The fraction of sp³-hybridized carbons (Fsp3) is 0.857. The topological polar surface area (TPSA) is 66.4 Å². The van der Waals surface area contributed by atoms with Crippen LogP contribution in [-0.2, 0) is 9.84 Å². The number of nitrogens with zero attached hydrogens (tertiary/aromatic N) is 4. The van der Waals surface area contributed by atoms with Crippen LogP contribution in [-0.4, -0.2) is 66.4 Å². The van der Waals surface area contributed by atoms with Gasteiger partial charge in [-0.1, -0.05) is 13.8 Å². The Morgan fingerprint density at radius 3 is 2.32 bits per heavy atom. The largest absolute Gasteiger partial charge is 0.347 e. The number of hydrogen-bond acceptors (Lipinski definition) is 7. The van der Waals surface area contributed by atoms with Crippen LogP contribution < -0.4 is 4.90 Å². The Balaban J connectivity index is 1.54. The molecule has 3 rings (SSSR count). The van der Waals surface area contributed by atoms with Crippen molar-refractivity contribution in [2.75, 3.05) is 42.6 Å². The highest BCUT2D eigenvalue weighted by Gasteiger charge is 2.30. The Bertz CT molecular complexity index is 592. The molecule has 2 saturated heterocycles. The van der Waals surface area contributed by atoms with Crippen molar-refractivity contribution < 1.29 is 8.42 Å². The maximum atomic E-state index is 11.5. The molecule has 8 heteroatoms. The second-order valence-electron chi connectivity index (χ2n) is 6.50. The van der Waals surface area contributed by atoms with Crippen molar-refractivity contribution in [3.63, 3.8) is 0 Å². The van der Waals surface area contributed by atoms with E-state index in [2.05, 4.69) is 33.0 Å². The highest BCUT2D eigenvalue weighted by atomic mass is 32.2. The first-order valence-electron chi connectivity index (χ1n) is 7.97. The van der Waals surface area contributed by atoms with Gasteiger partial charge in [0.2, 0.25) is 5.13 Å². The molecule has 2 aliphatic rings. The van der Waals surface area contributed by atoms with E-state index in [4.69, 9.17) is 0 Å². The van der Waals surface area contributed by atoms with Gasteiger partial charge < -0.3 is 4.90 Å². The van der Waals surface area contributed by atoms with Crippen LogP contribution >= 0.6 is 11.5 Å². The minimum Gasteiger partial charge on any atom is -0.347 e. The molecule has 0 amide bonds. The zero-order chi connectivity index (χ0) is 15.7. The van der Waals surface area contributed by atoms with E-state index in [1.807, 2.05) is 0 Å². The first-order valence-corrected chi connectivity index (χ1v) is 10.6. The number of rotatable bonds is 3. The molecule has 3 heterocycles. The molecule has 0 aliphatic carbocycles. The maximum absolute atomic E-state index is 11.5. The molecule has 0 atom stereocenters. The number of piperidine rings is 1. The van der Waals surface area contributed by atoms with E-state index in [1.165, 1.54) is 11.5 Å². The predicted molar refractivity (Wildman–Crippen MR) is 89.5 cm³/mol. The lowest BCUT2D eigenvalue weighted by molar-refractivity contribution is 0.182. The summed E-state index contributed by atoms with van der Waals surface area (Å²) in [7, 11) is -2.78. The van der Waals surface area contributed by atoms with Crippen molar-refractivity contribution in [1.29, 1.82) is 0 Å².